The Hall–Kier alpha value is 0.190. The molecule has 0 spiro atoms. The molecule has 2 unspecified atom stereocenters. The van der Waals surface area contributed by atoms with Gasteiger partial charge in [-0.15, -0.1) is 0 Å². The lowest BCUT2D eigenvalue weighted by atomic mass is 10.3. The molecule has 6 nitrogen and oxygen atoms in total. The molecule has 7 heteroatoms. The lowest BCUT2D eigenvalue weighted by Crippen LogP contribution is -2.18. The van der Waals surface area contributed by atoms with Crippen molar-refractivity contribution in [1.29, 1.82) is 0 Å². The van der Waals surface area contributed by atoms with Gasteiger partial charge in [-0.1, -0.05) is 13.8 Å². The van der Waals surface area contributed by atoms with Crippen molar-refractivity contribution in [1.82, 2.24) is 0 Å². The number of hydrogen-bond acceptors (Lipinski definition) is 6. The third-order valence-corrected chi connectivity index (χ3v) is 2.78. The first-order chi connectivity index (χ1) is 6.91. The van der Waals surface area contributed by atoms with Crippen LogP contribution >= 0.6 is 8.17 Å². The fourth-order valence-corrected chi connectivity index (χ4v) is 1.45. The van der Waals surface area contributed by atoms with Crippen molar-refractivity contribution in [3.05, 3.63) is 0 Å². The molecule has 2 atom stereocenters. The molecule has 0 saturated heterocycles. The maximum absolute atomic E-state index is 9.20. The minimum atomic E-state index is -3.90. The molecule has 0 aromatic heterocycles. The van der Waals surface area contributed by atoms with Crippen LogP contribution < -0.4 is 0 Å². The summed E-state index contributed by atoms with van der Waals surface area (Å²) < 4.78 is 9.23. The molecule has 0 aliphatic rings. The summed E-state index contributed by atoms with van der Waals surface area (Å²) >= 11 is 0. The lowest BCUT2D eigenvalue weighted by Gasteiger charge is -2.13. The Morgan fingerprint density at radius 2 is 1.27 bits per heavy atom. The summed E-state index contributed by atoms with van der Waals surface area (Å²) in [6.07, 6.45) is -0.582. The second kappa shape index (κ2) is 7.46. The summed E-state index contributed by atoms with van der Waals surface area (Å²) in [6, 6.07) is 0. The molecule has 0 bridgehead atoms. The van der Waals surface area contributed by atoms with Crippen LogP contribution in [0.4, 0.5) is 0 Å². The van der Waals surface area contributed by atoms with E-state index in [0.29, 0.717) is 12.8 Å². The second-order valence-corrected chi connectivity index (χ2v) is 4.70. The van der Waals surface area contributed by atoms with E-state index >= 15 is 0 Å². The first-order valence-electron chi connectivity index (χ1n) is 4.91. The highest BCUT2D eigenvalue weighted by Crippen LogP contribution is 2.52. The zero-order valence-corrected chi connectivity index (χ0v) is 9.93. The average Bonchev–Trinajstić information content (AvgIpc) is 2.22. The molecule has 0 amide bonds. The molecule has 0 heterocycles. The van der Waals surface area contributed by atoms with Crippen LogP contribution in [0.1, 0.15) is 26.7 Å². The molecule has 0 fully saturated rings. The van der Waals surface area contributed by atoms with Crippen molar-refractivity contribution in [2.24, 2.45) is 0 Å². The van der Waals surface area contributed by atoms with Crippen LogP contribution in [0.25, 0.3) is 0 Å². The zero-order chi connectivity index (χ0) is 11.9. The topological polar surface area (TPSA) is 99.4 Å². The van der Waals surface area contributed by atoms with Crippen LogP contribution in [-0.2, 0) is 9.05 Å². The van der Waals surface area contributed by atoms with E-state index in [1.165, 1.54) is 0 Å². The molecule has 4 N–H and O–H groups in total. The maximum atomic E-state index is 9.20. The molecular formula is C8H20O6P+. The van der Waals surface area contributed by atoms with Crippen molar-refractivity contribution in [2.45, 2.75) is 38.9 Å². The van der Waals surface area contributed by atoms with Gasteiger partial charge in [-0.25, -0.2) is 0 Å². The van der Waals surface area contributed by atoms with Crippen LogP contribution in [0.3, 0.4) is 0 Å². The fraction of sp³-hybridized carbons (Fsp3) is 1.00. The van der Waals surface area contributed by atoms with Gasteiger partial charge < -0.3 is 10.2 Å². The van der Waals surface area contributed by atoms with Gasteiger partial charge in [0.2, 0.25) is 0 Å². The average molecular weight is 243 g/mol. The highest BCUT2D eigenvalue weighted by molar-refractivity contribution is 7.54. The summed E-state index contributed by atoms with van der Waals surface area (Å²) in [7, 11) is -3.90. The summed E-state index contributed by atoms with van der Waals surface area (Å²) in [5, 5.41) is 18.2. The minimum Gasteiger partial charge on any atom is -0.391 e. The Balaban J connectivity index is 3.75. The van der Waals surface area contributed by atoms with Gasteiger partial charge in [0.05, 0.1) is 12.2 Å². The molecule has 0 saturated carbocycles. The molecule has 0 radical (unpaired) electrons. The van der Waals surface area contributed by atoms with Crippen molar-refractivity contribution in [2.75, 3.05) is 13.2 Å². The Kier molecular flexibility index (Phi) is 7.56. The fourth-order valence-electron chi connectivity index (χ4n) is 0.639. The van der Waals surface area contributed by atoms with Crippen molar-refractivity contribution in [3.63, 3.8) is 0 Å². The van der Waals surface area contributed by atoms with E-state index in [4.69, 9.17) is 10.2 Å². The molecule has 0 aromatic rings. The summed E-state index contributed by atoms with van der Waals surface area (Å²) in [6.45, 7) is 3.09. The minimum absolute atomic E-state index is 0.195. The van der Waals surface area contributed by atoms with E-state index in [0.717, 1.165) is 0 Å². The van der Waals surface area contributed by atoms with Gasteiger partial charge >= 0.3 is 8.17 Å². The van der Waals surface area contributed by atoms with Crippen molar-refractivity contribution < 1.29 is 29.0 Å². The zero-order valence-electron chi connectivity index (χ0n) is 9.04. The number of aliphatic hydroxyl groups is 2. The number of hydrogen-bond donors (Lipinski definition) is 4. The number of aliphatic hydroxyl groups excluding tert-OH is 2. The lowest BCUT2D eigenvalue weighted by molar-refractivity contribution is 0.0314. The highest BCUT2D eigenvalue weighted by atomic mass is 31.2. The Labute approximate surface area is 90.1 Å². The van der Waals surface area contributed by atoms with E-state index in [9.17, 15) is 9.79 Å². The van der Waals surface area contributed by atoms with Gasteiger partial charge in [-0.3, -0.25) is 0 Å². The molecule has 92 valence electrons. The van der Waals surface area contributed by atoms with Crippen molar-refractivity contribution >= 4 is 8.17 Å². The van der Waals surface area contributed by atoms with Gasteiger partial charge in [-0.05, 0) is 12.8 Å². The highest BCUT2D eigenvalue weighted by Gasteiger charge is 2.40. The van der Waals surface area contributed by atoms with Crippen LogP contribution in [0.5, 0.6) is 0 Å². The van der Waals surface area contributed by atoms with Gasteiger partial charge in [0.25, 0.3) is 0 Å². The van der Waals surface area contributed by atoms with Gasteiger partial charge in [-0.2, -0.15) is 18.8 Å². The van der Waals surface area contributed by atoms with Gasteiger partial charge in [0, 0.05) is 0 Å². The smallest absolute Gasteiger partial charge is 0.391 e. The van der Waals surface area contributed by atoms with Crippen LogP contribution in [0, 0.1) is 0 Å². The standard InChI is InChI=1S/C8H20O6P/c1-3-7(9)5-13-15(11,12)14-6-8(10)4-2/h7-12H,3-6H2,1-2H3/q+1. The Bertz CT molecular complexity index is 149. The SMILES string of the molecule is CCC(O)CO[P+](O)(O)OCC(O)CC. The largest absolute Gasteiger partial charge is 0.570 e. The summed E-state index contributed by atoms with van der Waals surface area (Å²) in [5.74, 6) is 0. The quantitative estimate of drug-likeness (QED) is 0.455. The normalized spacial score (nSPS) is 16.4. The predicted molar refractivity (Wildman–Crippen MR) is 55.9 cm³/mol. The van der Waals surface area contributed by atoms with Crippen LogP contribution in [0.2, 0.25) is 0 Å². The van der Waals surface area contributed by atoms with Gasteiger partial charge in [0.15, 0.2) is 0 Å². The summed E-state index contributed by atoms with van der Waals surface area (Å²) in [4.78, 5) is 18.4. The van der Waals surface area contributed by atoms with Crippen LogP contribution in [0.15, 0.2) is 0 Å². The van der Waals surface area contributed by atoms with E-state index in [2.05, 4.69) is 9.05 Å². The predicted octanol–water partition coefficient (Wildman–Crippen LogP) is 0.224. The van der Waals surface area contributed by atoms with E-state index in [-0.39, 0.29) is 13.2 Å². The molecular weight excluding hydrogens is 223 g/mol. The van der Waals surface area contributed by atoms with E-state index in [1.807, 2.05) is 0 Å². The first kappa shape index (κ1) is 15.2. The molecule has 0 aliphatic heterocycles. The Morgan fingerprint density at radius 1 is 0.933 bits per heavy atom. The van der Waals surface area contributed by atoms with Crippen molar-refractivity contribution in [3.8, 4) is 0 Å². The van der Waals surface area contributed by atoms with Gasteiger partial charge in [0.1, 0.15) is 13.2 Å². The van der Waals surface area contributed by atoms with E-state index < -0.39 is 20.4 Å². The third kappa shape index (κ3) is 8.04. The van der Waals surface area contributed by atoms with E-state index in [1.54, 1.807) is 13.8 Å². The molecule has 0 aliphatic carbocycles. The van der Waals surface area contributed by atoms with Crippen LogP contribution in [-0.4, -0.2) is 45.4 Å². The first-order valence-corrected chi connectivity index (χ1v) is 6.44. The third-order valence-electron chi connectivity index (χ3n) is 1.81. The summed E-state index contributed by atoms with van der Waals surface area (Å²) in [5.41, 5.74) is 0. The number of rotatable bonds is 8. The second-order valence-electron chi connectivity index (χ2n) is 3.21. The molecule has 0 rings (SSSR count). The Morgan fingerprint density at radius 3 is 1.53 bits per heavy atom. The maximum Gasteiger partial charge on any atom is 0.570 e. The molecule has 15 heavy (non-hydrogen) atoms. The monoisotopic (exact) mass is 243 g/mol. The molecule has 0 aromatic carbocycles.